The van der Waals surface area contributed by atoms with Gasteiger partial charge in [-0.15, -0.1) is 11.3 Å². The SMILES string of the molecule is Cc1ccsc1C=NN1CC[NH+](Cc2cccc3ccccc23)CC1. The van der Waals surface area contributed by atoms with Crippen LogP contribution in [-0.4, -0.2) is 37.4 Å². The molecule has 0 atom stereocenters. The Bertz CT molecular complexity index is 870. The molecule has 2 heterocycles. The first-order valence-electron chi connectivity index (χ1n) is 8.93. The molecule has 0 unspecified atom stereocenters. The number of thiophene rings is 1. The molecular weight excluding hydrogens is 326 g/mol. The molecule has 2 aromatic carbocycles. The molecule has 1 aromatic heterocycles. The number of nitrogens with one attached hydrogen (secondary N) is 1. The van der Waals surface area contributed by atoms with Gasteiger partial charge in [0.2, 0.25) is 0 Å². The summed E-state index contributed by atoms with van der Waals surface area (Å²) < 4.78 is 0. The third kappa shape index (κ3) is 3.75. The minimum absolute atomic E-state index is 1.03. The highest BCUT2D eigenvalue weighted by atomic mass is 32.1. The lowest BCUT2D eigenvalue weighted by Gasteiger charge is -2.30. The second-order valence-electron chi connectivity index (χ2n) is 6.73. The number of benzene rings is 2. The normalized spacial score (nSPS) is 16.1. The van der Waals surface area contributed by atoms with Gasteiger partial charge < -0.3 is 4.90 Å². The van der Waals surface area contributed by atoms with Crippen molar-refractivity contribution in [3.05, 3.63) is 69.9 Å². The summed E-state index contributed by atoms with van der Waals surface area (Å²) in [5.41, 5.74) is 2.77. The Kier molecular flexibility index (Phi) is 4.81. The number of piperazine rings is 1. The summed E-state index contributed by atoms with van der Waals surface area (Å²) in [7, 11) is 0. The maximum absolute atomic E-state index is 4.68. The fourth-order valence-electron chi connectivity index (χ4n) is 3.47. The molecule has 1 N–H and O–H groups in total. The second kappa shape index (κ2) is 7.38. The average Bonchev–Trinajstić information content (AvgIpc) is 3.06. The van der Waals surface area contributed by atoms with E-state index >= 15 is 0 Å². The van der Waals surface area contributed by atoms with Gasteiger partial charge in [-0.05, 0) is 34.7 Å². The quantitative estimate of drug-likeness (QED) is 0.717. The van der Waals surface area contributed by atoms with Gasteiger partial charge in [-0.25, -0.2) is 0 Å². The summed E-state index contributed by atoms with van der Waals surface area (Å²) in [5.74, 6) is 0. The number of quaternary nitrogens is 1. The predicted octanol–water partition coefficient (Wildman–Crippen LogP) is 2.94. The number of fused-ring (bicyclic) bond motifs is 1. The van der Waals surface area contributed by atoms with Crippen molar-refractivity contribution in [1.29, 1.82) is 0 Å². The van der Waals surface area contributed by atoms with Gasteiger partial charge in [0, 0.05) is 10.4 Å². The van der Waals surface area contributed by atoms with E-state index in [1.807, 2.05) is 6.21 Å². The van der Waals surface area contributed by atoms with E-state index in [4.69, 9.17) is 0 Å². The van der Waals surface area contributed by atoms with Crippen molar-refractivity contribution in [3.63, 3.8) is 0 Å². The van der Waals surface area contributed by atoms with Gasteiger partial charge in [-0.1, -0.05) is 42.5 Å². The molecule has 1 saturated heterocycles. The molecule has 1 aliphatic heterocycles. The van der Waals surface area contributed by atoms with E-state index < -0.39 is 0 Å². The summed E-state index contributed by atoms with van der Waals surface area (Å²) >= 11 is 1.76. The molecule has 4 rings (SSSR count). The summed E-state index contributed by atoms with van der Waals surface area (Å²) in [6, 6.07) is 17.5. The molecule has 128 valence electrons. The molecule has 0 aliphatic carbocycles. The number of hydrogen-bond acceptors (Lipinski definition) is 3. The van der Waals surface area contributed by atoms with E-state index in [1.54, 1.807) is 16.2 Å². The van der Waals surface area contributed by atoms with E-state index in [1.165, 1.54) is 26.8 Å². The van der Waals surface area contributed by atoms with Gasteiger partial charge in [-0.2, -0.15) is 5.10 Å². The number of hydrogen-bond donors (Lipinski definition) is 1. The maximum Gasteiger partial charge on any atom is 0.104 e. The topological polar surface area (TPSA) is 20.0 Å². The van der Waals surface area contributed by atoms with Crippen LogP contribution in [0.1, 0.15) is 16.0 Å². The molecule has 4 heteroatoms. The zero-order valence-electron chi connectivity index (χ0n) is 14.6. The number of nitrogens with zero attached hydrogens (tertiary/aromatic N) is 2. The van der Waals surface area contributed by atoms with E-state index in [-0.39, 0.29) is 0 Å². The van der Waals surface area contributed by atoms with Crippen LogP contribution in [0.3, 0.4) is 0 Å². The zero-order chi connectivity index (χ0) is 17.1. The molecule has 25 heavy (non-hydrogen) atoms. The number of hydrazone groups is 1. The molecule has 0 saturated carbocycles. The van der Waals surface area contributed by atoms with Crippen molar-refractivity contribution in [2.24, 2.45) is 5.10 Å². The van der Waals surface area contributed by atoms with Crippen molar-refractivity contribution in [2.45, 2.75) is 13.5 Å². The van der Waals surface area contributed by atoms with Gasteiger partial charge in [0.25, 0.3) is 0 Å². The largest absolute Gasteiger partial charge is 0.328 e. The minimum atomic E-state index is 1.03. The summed E-state index contributed by atoms with van der Waals surface area (Å²) in [6.45, 7) is 7.59. The average molecular weight is 351 g/mol. The second-order valence-corrected chi connectivity index (χ2v) is 7.68. The molecule has 1 fully saturated rings. The van der Waals surface area contributed by atoms with Gasteiger partial charge in [0.05, 0.1) is 32.4 Å². The Morgan fingerprint density at radius 1 is 1.08 bits per heavy atom. The lowest BCUT2D eigenvalue weighted by atomic mass is 10.0. The van der Waals surface area contributed by atoms with Crippen LogP contribution < -0.4 is 4.90 Å². The van der Waals surface area contributed by atoms with Crippen LogP contribution >= 0.6 is 11.3 Å². The molecule has 0 amide bonds. The Morgan fingerprint density at radius 3 is 2.68 bits per heavy atom. The highest BCUT2D eigenvalue weighted by Gasteiger charge is 2.19. The number of aryl methyl sites for hydroxylation is 1. The van der Waals surface area contributed by atoms with Crippen molar-refractivity contribution in [1.82, 2.24) is 5.01 Å². The third-order valence-corrected chi connectivity index (χ3v) is 5.96. The summed E-state index contributed by atoms with van der Waals surface area (Å²) in [6.07, 6.45) is 2.02. The molecule has 0 spiro atoms. The third-order valence-electron chi connectivity index (χ3n) is 5.01. The first kappa shape index (κ1) is 16.3. The van der Waals surface area contributed by atoms with E-state index in [2.05, 4.69) is 70.9 Å². The monoisotopic (exact) mass is 350 g/mol. The zero-order valence-corrected chi connectivity index (χ0v) is 15.4. The fraction of sp³-hybridized carbons (Fsp3) is 0.286. The smallest absolute Gasteiger partial charge is 0.104 e. The lowest BCUT2D eigenvalue weighted by molar-refractivity contribution is -0.918. The van der Waals surface area contributed by atoms with Crippen molar-refractivity contribution in [3.8, 4) is 0 Å². The Balaban J connectivity index is 1.37. The van der Waals surface area contributed by atoms with Crippen LogP contribution in [0.15, 0.2) is 59.0 Å². The first-order chi connectivity index (χ1) is 12.3. The number of rotatable bonds is 4. The Hall–Kier alpha value is -2.17. The lowest BCUT2D eigenvalue weighted by Crippen LogP contribution is -3.13. The molecule has 0 radical (unpaired) electrons. The van der Waals surface area contributed by atoms with Crippen LogP contribution in [0.25, 0.3) is 10.8 Å². The minimum Gasteiger partial charge on any atom is -0.328 e. The summed E-state index contributed by atoms with van der Waals surface area (Å²) in [4.78, 5) is 2.92. The van der Waals surface area contributed by atoms with Crippen molar-refractivity contribution >= 4 is 28.3 Å². The van der Waals surface area contributed by atoms with Gasteiger partial charge >= 0.3 is 0 Å². The first-order valence-corrected chi connectivity index (χ1v) is 9.81. The molecule has 1 aliphatic rings. The molecular formula is C21H24N3S+. The van der Waals surface area contributed by atoms with E-state index in [0.717, 1.165) is 32.7 Å². The fourth-order valence-corrected chi connectivity index (χ4v) is 4.25. The van der Waals surface area contributed by atoms with Gasteiger partial charge in [-0.3, -0.25) is 5.01 Å². The van der Waals surface area contributed by atoms with E-state index in [9.17, 15) is 0 Å². The highest BCUT2D eigenvalue weighted by Crippen LogP contribution is 2.17. The van der Waals surface area contributed by atoms with Gasteiger partial charge in [0.1, 0.15) is 6.54 Å². The summed E-state index contributed by atoms with van der Waals surface area (Å²) in [5, 5.41) is 11.8. The van der Waals surface area contributed by atoms with Crippen LogP contribution in [0.4, 0.5) is 0 Å². The maximum atomic E-state index is 4.68. The van der Waals surface area contributed by atoms with Gasteiger partial charge in [0.15, 0.2) is 0 Å². The van der Waals surface area contributed by atoms with Crippen LogP contribution in [-0.2, 0) is 6.54 Å². The molecule has 3 nitrogen and oxygen atoms in total. The highest BCUT2D eigenvalue weighted by molar-refractivity contribution is 7.11. The Labute approximate surface area is 153 Å². The van der Waals surface area contributed by atoms with Crippen molar-refractivity contribution < 1.29 is 4.90 Å². The van der Waals surface area contributed by atoms with Crippen molar-refractivity contribution in [2.75, 3.05) is 26.2 Å². The van der Waals surface area contributed by atoms with Crippen LogP contribution in [0, 0.1) is 6.92 Å². The van der Waals surface area contributed by atoms with E-state index in [0.29, 0.717) is 0 Å². The standard InChI is InChI=1S/C21H23N3S/c1-17-9-14-25-21(17)15-22-24-12-10-23(11-13-24)16-19-7-4-6-18-5-2-3-8-20(18)19/h2-9,14-15H,10-13,16H2,1H3/p+1. The molecule has 3 aromatic rings. The Morgan fingerprint density at radius 2 is 1.88 bits per heavy atom. The predicted molar refractivity (Wildman–Crippen MR) is 107 cm³/mol. The molecule has 0 bridgehead atoms. The van der Waals surface area contributed by atoms with Crippen LogP contribution in [0.2, 0.25) is 0 Å². The van der Waals surface area contributed by atoms with Crippen LogP contribution in [0.5, 0.6) is 0 Å².